The van der Waals surface area contributed by atoms with E-state index in [4.69, 9.17) is 4.74 Å². The van der Waals surface area contributed by atoms with Gasteiger partial charge in [-0.1, -0.05) is 0 Å². The van der Waals surface area contributed by atoms with Crippen LogP contribution in [0.2, 0.25) is 0 Å². The molecule has 0 bridgehead atoms. The fourth-order valence-corrected chi connectivity index (χ4v) is 2.30. The number of nitrogens with zero attached hydrogens (tertiary/aromatic N) is 2. The molecule has 0 aliphatic carbocycles. The highest BCUT2D eigenvalue weighted by Crippen LogP contribution is 2.31. The van der Waals surface area contributed by atoms with Crippen LogP contribution in [-0.2, 0) is 4.74 Å². The van der Waals surface area contributed by atoms with Crippen molar-refractivity contribution in [2.75, 3.05) is 6.61 Å². The van der Waals surface area contributed by atoms with Crippen molar-refractivity contribution in [2.45, 2.75) is 12.8 Å². The number of allylic oxidation sites excluding steroid dienone is 1. The zero-order valence-corrected chi connectivity index (χ0v) is 10.9. The van der Waals surface area contributed by atoms with Crippen LogP contribution in [0.25, 0.3) is 16.9 Å². The molecule has 0 amide bonds. The molecule has 0 saturated carbocycles. The van der Waals surface area contributed by atoms with Gasteiger partial charge in [0.15, 0.2) is 11.7 Å². The Bertz CT molecular complexity index is 651. The summed E-state index contributed by atoms with van der Waals surface area (Å²) in [6, 6.07) is 2.81. The molecule has 1 aliphatic heterocycles. The average molecular weight is 313 g/mol. The molecule has 0 atom stereocenters. The summed E-state index contributed by atoms with van der Waals surface area (Å²) in [6.45, 7) is 0.595. The SMILES string of the molecule is Oc1cc2nc(Br)c(F)cc2n1C1=CCCCO1. The first-order valence-corrected chi connectivity index (χ1v) is 6.36. The van der Waals surface area contributed by atoms with Crippen molar-refractivity contribution in [2.24, 2.45) is 0 Å². The number of hydrogen-bond acceptors (Lipinski definition) is 3. The molecule has 3 rings (SSSR count). The predicted molar refractivity (Wildman–Crippen MR) is 68.5 cm³/mol. The van der Waals surface area contributed by atoms with Gasteiger partial charge in [0, 0.05) is 12.1 Å². The number of aromatic nitrogens is 2. The first-order valence-electron chi connectivity index (χ1n) is 5.56. The Labute approximate surface area is 111 Å². The third kappa shape index (κ3) is 1.77. The third-order valence-electron chi connectivity index (χ3n) is 2.82. The Morgan fingerprint density at radius 1 is 1.44 bits per heavy atom. The van der Waals surface area contributed by atoms with E-state index in [9.17, 15) is 9.50 Å². The van der Waals surface area contributed by atoms with Crippen LogP contribution >= 0.6 is 15.9 Å². The van der Waals surface area contributed by atoms with E-state index >= 15 is 0 Å². The molecule has 0 fully saturated rings. The smallest absolute Gasteiger partial charge is 0.200 e. The minimum absolute atomic E-state index is 0.0110. The molecule has 4 nitrogen and oxygen atoms in total. The first-order chi connectivity index (χ1) is 8.66. The van der Waals surface area contributed by atoms with Gasteiger partial charge in [0.1, 0.15) is 4.60 Å². The van der Waals surface area contributed by atoms with Crippen LogP contribution in [0.15, 0.2) is 22.8 Å². The first kappa shape index (κ1) is 11.5. The normalized spacial score (nSPS) is 15.6. The standard InChI is InChI=1S/C12H10BrFN2O2/c13-12-7(14)5-9-8(15-12)6-10(17)16(9)11-3-1-2-4-18-11/h3,5-6,17H,1-2,4H2. The van der Waals surface area contributed by atoms with Crippen molar-refractivity contribution in [1.82, 2.24) is 9.55 Å². The highest BCUT2D eigenvalue weighted by Gasteiger charge is 2.17. The molecule has 2 aromatic rings. The minimum atomic E-state index is -0.474. The van der Waals surface area contributed by atoms with Gasteiger partial charge in [-0.05, 0) is 34.8 Å². The Morgan fingerprint density at radius 3 is 3.00 bits per heavy atom. The summed E-state index contributed by atoms with van der Waals surface area (Å²) in [5.74, 6) is 0.0404. The molecule has 0 unspecified atom stereocenters. The van der Waals surface area contributed by atoms with Crippen LogP contribution in [0.1, 0.15) is 12.8 Å². The summed E-state index contributed by atoms with van der Waals surface area (Å²) in [5.41, 5.74) is 0.997. The van der Waals surface area contributed by atoms with Crippen molar-refractivity contribution in [1.29, 1.82) is 0 Å². The van der Waals surface area contributed by atoms with Gasteiger partial charge in [-0.2, -0.15) is 0 Å². The zero-order valence-electron chi connectivity index (χ0n) is 9.36. The largest absolute Gasteiger partial charge is 0.494 e. The average Bonchev–Trinajstić information content (AvgIpc) is 2.66. The number of aromatic hydroxyl groups is 1. The van der Waals surface area contributed by atoms with E-state index in [2.05, 4.69) is 20.9 Å². The molecule has 18 heavy (non-hydrogen) atoms. The molecule has 0 radical (unpaired) electrons. The summed E-state index contributed by atoms with van der Waals surface area (Å²) in [7, 11) is 0. The Morgan fingerprint density at radius 2 is 2.28 bits per heavy atom. The molecule has 1 N–H and O–H groups in total. The Hall–Kier alpha value is -1.56. The van der Waals surface area contributed by atoms with Gasteiger partial charge < -0.3 is 9.84 Å². The van der Waals surface area contributed by atoms with Crippen LogP contribution < -0.4 is 0 Å². The van der Waals surface area contributed by atoms with Crippen molar-refractivity contribution in [3.63, 3.8) is 0 Å². The molecular formula is C12H10BrFN2O2. The number of ether oxygens (including phenoxy) is 1. The lowest BCUT2D eigenvalue weighted by Gasteiger charge is -2.17. The van der Waals surface area contributed by atoms with Gasteiger partial charge in [0.05, 0.1) is 17.6 Å². The number of fused-ring (bicyclic) bond motifs is 1. The molecule has 1 aliphatic rings. The number of halogens is 2. The van der Waals surface area contributed by atoms with E-state index in [1.807, 2.05) is 6.08 Å². The van der Waals surface area contributed by atoms with Crippen molar-refractivity contribution in [3.05, 3.63) is 28.6 Å². The Balaban J connectivity index is 2.25. The summed E-state index contributed by atoms with van der Waals surface area (Å²) >= 11 is 3.02. The van der Waals surface area contributed by atoms with Gasteiger partial charge in [0.2, 0.25) is 5.88 Å². The summed E-state index contributed by atoms with van der Waals surface area (Å²) in [4.78, 5) is 4.03. The van der Waals surface area contributed by atoms with Crippen LogP contribution in [0.5, 0.6) is 5.88 Å². The van der Waals surface area contributed by atoms with Gasteiger partial charge in [0.25, 0.3) is 0 Å². The van der Waals surface area contributed by atoms with E-state index < -0.39 is 5.82 Å². The Kier molecular flexibility index (Phi) is 2.74. The minimum Gasteiger partial charge on any atom is -0.494 e. The van der Waals surface area contributed by atoms with Crippen molar-refractivity contribution in [3.8, 4) is 5.88 Å². The third-order valence-corrected chi connectivity index (χ3v) is 3.37. The molecule has 94 valence electrons. The van der Waals surface area contributed by atoms with Crippen molar-refractivity contribution >= 4 is 32.8 Å². The van der Waals surface area contributed by atoms with Gasteiger partial charge in [-0.3, -0.25) is 0 Å². The maximum atomic E-state index is 13.5. The second kappa shape index (κ2) is 4.28. The lowest BCUT2D eigenvalue weighted by atomic mass is 10.3. The van der Waals surface area contributed by atoms with E-state index in [1.54, 1.807) is 0 Å². The van der Waals surface area contributed by atoms with Gasteiger partial charge >= 0.3 is 0 Å². The molecule has 0 aromatic carbocycles. The highest BCUT2D eigenvalue weighted by atomic mass is 79.9. The monoisotopic (exact) mass is 312 g/mol. The molecule has 0 spiro atoms. The van der Waals surface area contributed by atoms with Crippen LogP contribution in [0.3, 0.4) is 0 Å². The second-order valence-corrected chi connectivity index (χ2v) is 4.79. The topological polar surface area (TPSA) is 47.3 Å². The molecule has 0 saturated heterocycles. The number of pyridine rings is 1. The lowest BCUT2D eigenvalue weighted by Crippen LogP contribution is -2.06. The fraction of sp³-hybridized carbons (Fsp3) is 0.250. The summed E-state index contributed by atoms with van der Waals surface area (Å²) < 4.78 is 20.6. The molecular weight excluding hydrogens is 303 g/mol. The van der Waals surface area contributed by atoms with E-state index in [0.717, 1.165) is 12.8 Å². The number of hydrogen-bond donors (Lipinski definition) is 1. The zero-order chi connectivity index (χ0) is 12.7. The van der Waals surface area contributed by atoms with E-state index in [-0.39, 0.29) is 10.5 Å². The molecule has 2 aromatic heterocycles. The predicted octanol–water partition coefficient (Wildman–Crippen LogP) is 3.25. The maximum Gasteiger partial charge on any atom is 0.200 e. The van der Waals surface area contributed by atoms with Crippen LogP contribution in [-0.4, -0.2) is 21.3 Å². The quantitative estimate of drug-likeness (QED) is 0.822. The lowest BCUT2D eigenvalue weighted by molar-refractivity contribution is 0.237. The van der Waals surface area contributed by atoms with E-state index in [1.165, 1.54) is 16.7 Å². The summed E-state index contributed by atoms with van der Waals surface area (Å²) in [6.07, 6.45) is 3.70. The maximum absolute atomic E-state index is 13.5. The van der Waals surface area contributed by atoms with Crippen molar-refractivity contribution < 1.29 is 14.2 Å². The van der Waals surface area contributed by atoms with E-state index in [0.29, 0.717) is 23.5 Å². The van der Waals surface area contributed by atoms with Gasteiger partial charge in [-0.25, -0.2) is 13.9 Å². The van der Waals surface area contributed by atoms with Crippen LogP contribution in [0.4, 0.5) is 4.39 Å². The molecule has 3 heterocycles. The highest BCUT2D eigenvalue weighted by molar-refractivity contribution is 9.10. The second-order valence-electron chi connectivity index (χ2n) is 4.04. The fourth-order valence-electron chi connectivity index (χ4n) is 2.00. The number of rotatable bonds is 1. The van der Waals surface area contributed by atoms with Crippen LogP contribution in [0, 0.1) is 5.82 Å². The summed E-state index contributed by atoms with van der Waals surface area (Å²) in [5, 5.41) is 9.93. The molecule has 6 heteroatoms. The van der Waals surface area contributed by atoms with Gasteiger partial charge in [-0.15, -0.1) is 0 Å².